The number of sulfone groups is 1. The Morgan fingerprint density at radius 3 is 1.09 bits per heavy atom. The van der Waals surface area contributed by atoms with Crippen LogP contribution in [0.1, 0.15) is 312 Å². The highest BCUT2D eigenvalue weighted by molar-refractivity contribution is 7.90. The molecule has 3 unspecified atom stereocenters. The van der Waals surface area contributed by atoms with Crippen LogP contribution in [0.2, 0.25) is 0 Å². The molecule has 7 rings (SSSR count). The maximum Gasteiger partial charge on any atom is 0.342 e. The van der Waals surface area contributed by atoms with Crippen LogP contribution in [0.3, 0.4) is 0 Å². The van der Waals surface area contributed by atoms with Gasteiger partial charge in [-0.1, -0.05) is 163 Å². The Kier molecular flexibility index (Phi) is 33.2. The first-order valence-corrected chi connectivity index (χ1v) is 38.6. The van der Waals surface area contributed by atoms with Crippen LogP contribution in [0, 0.1) is 17.8 Å². The van der Waals surface area contributed by atoms with Crippen LogP contribution in [0.25, 0.3) is 0 Å². The van der Waals surface area contributed by atoms with E-state index in [4.69, 9.17) is 14.2 Å². The monoisotopic (exact) mass is 1360 g/mol. The van der Waals surface area contributed by atoms with Gasteiger partial charge in [-0.2, -0.15) is 0 Å². The zero-order chi connectivity index (χ0) is 71.7. The molecule has 1 fully saturated rings. The zero-order valence-electron chi connectivity index (χ0n) is 60.9. The van der Waals surface area contributed by atoms with Crippen molar-refractivity contribution in [3.8, 4) is 34.5 Å². The van der Waals surface area contributed by atoms with E-state index in [0.29, 0.717) is 59.3 Å². The highest BCUT2D eigenvalue weighted by atomic mass is 32.2. The minimum Gasteiger partial charge on any atom is -0.507 e. The van der Waals surface area contributed by atoms with Gasteiger partial charge in [0.1, 0.15) is 67.1 Å². The molecule has 3 aromatic carbocycles. The van der Waals surface area contributed by atoms with Crippen molar-refractivity contribution in [1.82, 2.24) is 0 Å². The fourth-order valence-corrected chi connectivity index (χ4v) is 15.2. The number of aryl methyl sites for hydroxylation is 3. The highest BCUT2D eigenvalue weighted by Crippen LogP contribution is 2.52. The van der Waals surface area contributed by atoms with Gasteiger partial charge in [0.15, 0.2) is 0 Å². The third kappa shape index (κ3) is 23.4. The molecular formula is C82H120O14S. The van der Waals surface area contributed by atoms with Crippen molar-refractivity contribution < 1.29 is 67.7 Å². The molecule has 6 atom stereocenters. The average molecular weight is 1360 g/mol. The van der Waals surface area contributed by atoms with Crippen molar-refractivity contribution in [1.29, 1.82) is 0 Å². The maximum absolute atomic E-state index is 13.3. The summed E-state index contributed by atoms with van der Waals surface area (Å²) in [7, 11) is -3.15. The van der Waals surface area contributed by atoms with Gasteiger partial charge in [0.2, 0.25) is 0 Å². The molecule has 97 heavy (non-hydrogen) atoms. The van der Waals surface area contributed by atoms with E-state index in [1.165, 1.54) is 17.6 Å². The summed E-state index contributed by atoms with van der Waals surface area (Å²) in [5.41, 5.74) is 10.2. The Morgan fingerprint density at radius 1 is 0.454 bits per heavy atom. The van der Waals surface area contributed by atoms with Crippen LogP contribution in [-0.2, 0) is 43.3 Å². The van der Waals surface area contributed by atoms with Crippen LogP contribution >= 0.6 is 0 Å². The number of phenolic OH excluding ortho intramolecular Hbond substituents is 6. The van der Waals surface area contributed by atoms with Gasteiger partial charge in [0.05, 0.1) is 19.0 Å². The Balaban J connectivity index is 0.000000263. The van der Waals surface area contributed by atoms with Crippen LogP contribution in [-0.4, -0.2) is 88.3 Å². The molecule has 0 amide bonds. The topological polar surface area (TPSA) is 234 Å². The first-order chi connectivity index (χ1) is 46.1. The fraction of sp³-hybridized carbons (Fsp3) is 0.598. The van der Waals surface area contributed by atoms with Crippen molar-refractivity contribution in [2.45, 2.75) is 273 Å². The lowest BCUT2D eigenvalue weighted by atomic mass is 9.73. The third-order valence-electron chi connectivity index (χ3n) is 20.1. The van der Waals surface area contributed by atoms with E-state index < -0.39 is 27.7 Å². The van der Waals surface area contributed by atoms with Gasteiger partial charge in [-0.3, -0.25) is 0 Å². The molecule has 0 spiro atoms. The lowest BCUT2D eigenvalue weighted by Crippen LogP contribution is -2.23. The molecule has 4 aliphatic rings. The summed E-state index contributed by atoms with van der Waals surface area (Å²) in [5.74, 6) is -2.57. The predicted molar refractivity (Wildman–Crippen MR) is 392 cm³/mol. The third-order valence-corrected chi connectivity index (χ3v) is 21.1. The highest BCUT2D eigenvalue weighted by Gasteiger charge is 2.38. The average Bonchev–Trinajstić information content (AvgIpc) is 0.800. The summed E-state index contributed by atoms with van der Waals surface area (Å²) < 4.78 is 39.5. The van der Waals surface area contributed by atoms with Crippen molar-refractivity contribution in [3.05, 3.63) is 140 Å². The van der Waals surface area contributed by atoms with E-state index in [2.05, 4.69) is 73.4 Å². The molecular weight excluding hydrogens is 1240 g/mol. The zero-order valence-corrected chi connectivity index (χ0v) is 61.7. The molecule has 14 nitrogen and oxygen atoms in total. The molecule has 15 heteroatoms. The quantitative estimate of drug-likeness (QED) is 0.0152. The normalized spacial score (nSPS) is 19.6. The number of rotatable bonds is 31. The molecule has 0 radical (unpaired) electrons. The number of hydrogen-bond acceptors (Lipinski definition) is 14. The van der Waals surface area contributed by atoms with E-state index >= 15 is 0 Å². The standard InChI is InChI=1S/C28H40O4.C28H42O4.C26H38O6S/c1-5-6-8-11-20-17-24(29)26(23-16-19(4)14-15-22(23)18(2)3)27(30)25(20)28(31)32-21-12-9-7-10-13-21;1-6-8-10-12-16-32-28(31)25-21(13-11-9-7-2)18-24(29)26(27(25)30)23-17-20(5)14-15-22(23)19(3)4;1-6-7-8-10-19-16-22(27)24(21-15-18(4)11-12-20(21)17(2)3)25(28)23(19)26(29)32-13-9-14-33(5,30)31/h16-17,21-23,29-30H,2,5-15H2,1,3-4H3;17-18,22-23,29-30H,3,6-16H2,1-2,4-5H3;15-16,20-21,27-28H,2,6-14H2,1,3-5H3/t2*22-,23?;20-,21?/m000/s1. The molecule has 0 aromatic heterocycles. The van der Waals surface area contributed by atoms with Gasteiger partial charge in [-0.25, -0.2) is 22.8 Å². The number of phenols is 6. The summed E-state index contributed by atoms with van der Waals surface area (Å²) in [6.45, 7) is 33.3. The van der Waals surface area contributed by atoms with Gasteiger partial charge >= 0.3 is 17.9 Å². The maximum atomic E-state index is 13.3. The van der Waals surface area contributed by atoms with Crippen molar-refractivity contribution in [3.63, 3.8) is 0 Å². The summed E-state index contributed by atoms with van der Waals surface area (Å²) in [6.07, 6.45) is 32.7. The van der Waals surface area contributed by atoms with Gasteiger partial charge < -0.3 is 44.8 Å². The summed E-state index contributed by atoms with van der Waals surface area (Å²) in [6, 6.07) is 4.94. The van der Waals surface area contributed by atoms with Crippen LogP contribution in [0.15, 0.2) is 89.6 Å². The SMILES string of the molecule is C=C(C)[C@@H]1CCC(C)=CC1c1c(O)cc(CCCCC)c(C(=O)OC2CCCCC2)c1O.C=C(C)[C@@H]1CCC(C)=CC1c1c(O)cc(CCCCC)c(C(=O)OCCCCCC)c1O.C=C(C)[C@@H]1CCC(C)=CC1c1c(O)cc(CCCCC)c(C(=O)OCCCS(C)(=O)=O)c1O. The van der Waals surface area contributed by atoms with E-state index in [-0.39, 0.29) is 112 Å². The largest absolute Gasteiger partial charge is 0.507 e. The molecule has 0 heterocycles. The molecule has 4 aliphatic carbocycles. The molecule has 0 aliphatic heterocycles. The summed E-state index contributed by atoms with van der Waals surface area (Å²) in [4.78, 5) is 39.4. The molecule has 1 saturated carbocycles. The van der Waals surface area contributed by atoms with Crippen LogP contribution in [0.5, 0.6) is 34.5 Å². The predicted octanol–water partition coefficient (Wildman–Crippen LogP) is 20.4. The van der Waals surface area contributed by atoms with Crippen LogP contribution < -0.4 is 0 Å². The Bertz CT molecular complexity index is 3390. The van der Waals surface area contributed by atoms with Gasteiger partial charge in [0.25, 0.3) is 0 Å². The van der Waals surface area contributed by atoms with E-state index in [1.54, 1.807) is 18.2 Å². The number of aromatic hydroxyl groups is 6. The van der Waals surface area contributed by atoms with E-state index in [9.17, 15) is 53.4 Å². The van der Waals surface area contributed by atoms with Crippen molar-refractivity contribution >= 4 is 27.7 Å². The Morgan fingerprint density at radius 2 is 0.773 bits per heavy atom. The number of unbranched alkanes of at least 4 members (excludes halogenated alkanes) is 9. The minimum atomic E-state index is -3.15. The van der Waals surface area contributed by atoms with Crippen LogP contribution in [0.4, 0.5) is 0 Å². The number of ether oxygens (including phenoxy) is 3. The number of hydrogen-bond donors (Lipinski definition) is 6. The van der Waals surface area contributed by atoms with E-state index in [1.807, 2.05) is 33.8 Å². The summed E-state index contributed by atoms with van der Waals surface area (Å²) >= 11 is 0. The van der Waals surface area contributed by atoms with Gasteiger partial charge in [-0.15, -0.1) is 0 Å². The molecule has 0 bridgehead atoms. The Hall–Kier alpha value is -6.74. The second kappa shape index (κ2) is 39.7. The Labute approximate surface area is 582 Å². The second-order valence-electron chi connectivity index (χ2n) is 28.5. The number of allylic oxidation sites excluding steroid dienone is 9. The number of carbonyl (C=O) groups is 3. The van der Waals surface area contributed by atoms with Gasteiger partial charge in [-0.05, 0) is 210 Å². The second-order valence-corrected chi connectivity index (χ2v) is 30.8. The van der Waals surface area contributed by atoms with Gasteiger partial charge in [0, 0.05) is 40.7 Å². The minimum absolute atomic E-state index is 0.0326. The number of carbonyl (C=O) groups excluding carboxylic acids is 3. The first-order valence-electron chi connectivity index (χ1n) is 36.5. The van der Waals surface area contributed by atoms with Crippen molar-refractivity contribution in [2.24, 2.45) is 17.8 Å². The first kappa shape index (κ1) is 80.9. The molecule has 3 aromatic rings. The molecule has 538 valence electrons. The lowest BCUT2D eigenvalue weighted by molar-refractivity contribution is 0.0206. The van der Waals surface area contributed by atoms with Crippen molar-refractivity contribution in [2.75, 3.05) is 25.2 Å². The van der Waals surface area contributed by atoms with E-state index in [0.717, 1.165) is 176 Å². The number of benzene rings is 3. The lowest BCUT2D eigenvalue weighted by Gasteiger charge is -2.32. The molecule has 0 saturated heterocycles. The molecule has 6 N–H and O–H groups in total. The fourth-order valence-electron chi connectivity index (χ4n) is 14.6. The smallest absolute Gasteiger partial charge is 0.342 e. The summed E-state index contributed by atoms with van der Waals surface area (Å²) in [5, 5.41) is 67.0. The number of esters is 3.